The molecule has 0 radical (unpaired) electrons. The summed E-state index contributed by atoms with van der Waals surface area (Å²) in [5.74, 6) is -4.14. The fourth-order valence-electron chi connectivity index (χ4n) is 4.31. The first-order valence-corrected chi connectivity index (χ1v) is 11.6. The van der Waals surface area contributed by atoms with Crippen LogP contribution in [0, 0.1) is 12.8 Å². The highest BCUT2D eigenvalue weighted by Crippen LogP contribution is 2.27. The molecular weight excluding hydrogens is 491 g/mol. The molecule has 1 fully saturated rings. The van der Waals surface area contributed by atoms with E-state index in [0.717, 1.165) is 22.2 Å². The third-order valence-electron chi connectivity index (χ3n) is 6.09. The lowest BCUT2D eigenvalue weighted by molar-refractivity contribution is -0.208. The maximum atomic E-state index is 12.7. The number of pyridine rings is 1. The number of ether oxygens (including phenoxy) is 1. The average Bonchev–Trinajstić information content (AvgIpc) is 3.33. The Morgan fingerprint density at radius 3 is 2.51 bits per heavy atom. The Kier molecular flexibility index (Phi) is 7.61. The van der Waals surface area contributed by atoms with Crippen molar-refractivity contribution in [2.75, 3.05) is 0 Å². The van der Waals surface area contributed by atoms with Gasteiger partial charge in [-0.25, -0.2) is 4.79 Å². The number of hydrogen-bond donors (Lipinski definition) is 2. The number of carbonyl (C=O) groups excluding carboxylic acids is 3. The van der Waals surface area contributed by atoms with Crippen LogP contribution in [0.2, 0.25) is 0 Å². The minimum atomic E-state index is -5.22. The van der Waals surface area contributed by atoms with E-state index in [-0.39, 0.29) is 0 Å². The first kappa shape index (κ1) is 25.9. The number of benzene rings is 2. The molecule has 2 atom stereocenters. The predicted octanol–water partition coefficient (Wildman–Crippen LogP) is 4.16. The molecule has 3 aromatic rings. The number of nitrogens with zero attached hydrogens (tertiary/aromatic N) is 1. The highest BCUT2D eigenvalue weighted by atomic mass is 19.4. The van der Waals surface area contributed by atoms with Gasteiger partial charge in [-0.2, -0.15) is 18.7 Å². The van der Waals surface area contributed by atoms with Gasteiger partial charge in [-0.3, -0.25) is 14.6 Å². The van der Waals surface area contributed by atoms with Gasteiger partial charge in [-0.1, -0.05) is 24.6 Å². The second kappa shape index (κ2) is 10.9. The minimum absolute atomic E-state index is 0.313. The van der Waals surface area contributed by atoms with Crippen LogP contribution in [0.1, 0.15) is 40.9 Å². The van der Waals surface area contributed by atoms with E-state index in [0.29, 0.717) is 37.2 Å². The Morgan fingerprint density at radius 2 is 1.78 bits per heavy atom. The van der Waals surface area contributed by atoms with Crippen LogP contribution in [-0.2, 0) is 21.0 Å². The van der Waals surface area contributed by atoms with E-state index in [1.54, 1.807) is 29.7 Å². The zero-order valence-electron chi connectivity index (χ0n) is 19.8. The lowest BCUT2D eigenvalue weighted by Gasteiger charge is -2.20. The van der Waals surface area contributed by atoms with E-state index in [1.807, 2.05) is 37.3 Å². The van der Waals surface area contributed by atoms with E-state index in [1.165, 1.54) is 0 Å². The summed E-state index contributed by atoms with van der Waals surface area (Å²) in [4.78, 5) is 44.1. The number of aryl methyl sites for hydroxylation is 1. The number of nitrogens with one attached hydrogen (secondary N) is 2. The molecule has 8 nitrogen and oxygen atoms in total. The van der Waals surface area contributed by atoms with Crippen molar-refractivity contribution in [3.63, 3.8) is 0 Å². The number of hydrogen-bond acceptors (Lipinski definition) is 6. The molecule has 2 amide bonds. The molecular formula is C26H24F3N3O5. The summed E-state index contributed by atoms with van der Waals surface area (Å²) in [5, 5.41) is 3.73. The molecule has 1 saturated carbocycles. The monoisotopic (exact) mass is 515 g/mol. The molecule has 0 unspecified atom stereocenters. The molecule has 2 aromatic carbocycles. The second-order valence-electron chi connectivity index (χ2n) is 8.72. The number of carbonyl (C=O) groups is 3. The van der Waals surface area contributed by atoms with Gasteiger partial charge in [0, 0.05) is 28.2 Å². The first-order valence-electron chi connectivity index (χ1n) is 11.6. The molecule has 1 aromatic heterocycles. The fraction of sp³-hybridized carbons (Fsp3) is 0.308. The van der Waals surface area contributed by atoms with Crippen LogP contribution in [0.4, 0.5) is 13.2 Å². The summed E-state index contributed by atoms with van der Waals surface area (Å²) in [6.45, 7) is 2.23. The Bertz CT molecular complexity index is 1310. The first-order chi connectivity index (χ1) is 17.6. The van der Waals surface area contributed by atoms with Gasteiger partial charge in [0.05, 0.1) is 11.4 Å². The van der Waals surface area contributed by atoms with Gasteiger partial charge < -0.3 is 14.9 Å². The van der Waals surface area contributed by atoms with Crippen LogP contribution in [0.3, 0.4) is 0 Å². The molecule has 2 N–H and O–H groups in total. The summed E-state index contributed by atoms with van der Waals surface area (Å²) in [6.07, 6.45) is -3.86. The Labute approximate surface area is 210 Å². The van der Waals surface area contributed by atoms with Crippen molar-refractivity contribution >= 4 is 28.7 Å². The molecule has 1 aliphatic carbocycles. The largest absolute Gasteiger partial charge is 0.493 e. The Morgan fingerprint density at radius 1 is 1.05 bits per heavy atom. The van der Waals surface area contributed by atoms with E-state index < -0.39 is 35.9 Å². The van der Waals surface area contributed by atoms with Crippen LogP contribution >= 0.6 is 0 Å². The molecule has 194 valence electrons. The molecule has 37 heavy (non-hydrogen) atoms. The van der Waals surface area contributed by atoms with E-state index >= 15 is 0 Å². The molecule has 1 aliphatic rings. The molecule has 0 saturated heterocycles. The average molecular weight is 515 g/mol. The van der Waals surface area contributed by atoms with Crippen molar-refractivity contribution in [1.29, 1.82) is 0 Å². The number of rotatable bonds is 6. The van der Waals surface area contributed by atoms with Crippen molar-refractivity contribution in [3.05, 3.63) is 71.4 Å². The number of fused-ring (bicyclic) bond motifs is 1. The van der Waals surface area contributed by atoms with Crippen LogP contribution in [0.25, 0.3) is 10.9 Å². The minimum Gasteiger partial charge on any atom is -0.489 e. The van der Waals surface area contributed by atoms with Crippen LogP contribution in [0.5, 0.6) is 5.75 Å². The lowest BCUT2D eigenvalue weighted by atomic mass is 10.0. The summed E-state index contributed by atoms with van der Waals surface area (Å²) in [5.41, 5.74) is 4.61. The lowest BCUT2D eigenvalue weighted by Crippen LogP contribution is -2.45. The van der Waals surface area contributed by atoms with Gasteiger partial charge in [-0.05, 0) is 56.2 Å². The van der Waals surface area contributed by atoms with Gasteiger partial charge in [0.1, 0.15) is 12.4 Å². The number of amides is 2. The summed E-state index contributed by atoms with van der Waals surface area (Å²) in [7, 11) is 0. The Balaban J connectivity index is 1.33. The van der Waals surface area contributed by atoms with Gasteiger partial charge in [0.15, 0.2) is 0 Å². The normalized spacial score (nSPS) is 17.3. The quantitative estimate of drug-likeness (QED) is 0.478. The van der Waals surface area contributed by atoms with Crippen molar-refractivity contribution < 1.29 is 37.1 Å². The maximum Gasteiger partial charge on any atom is 0.493 e. The Hall–Kier alpha value is -4.15. The molecule has 0 spiro atoms. The van der Waals surface area contributed by atoms with E-state index in [9.17, 15) is 27.6 Å². The topological polar surface area (TPSA) is 107 Å². The predicted molar refractivity (Wildman–Crippen MR) is 126 cm³/mol. The van der Waals surface area contributed by atoms with Crippen LogP contribution < -0.4 is 15.5 Å². The highest BCUT2D eigenvalue weighted by molar-refractivity contribution is 5.95. The van der Waals surface area contributed by atoms with Gasteiger partial charge in [-0.15, -0.1) is 0 Å². The molecule has 0 aliphatic heterocycles. The van der Waals surface area contributed by atoms with Crippen molar-refractivity contribution in [1.82, 2.24) is 15.8 Å². The summed E-state index contributed by atoms with van der Waals surface area (Å²) >= 11 is 0. The smallest absolute Gasteiger partial charge is 0.489 e. The zero-order valence-corrected chi connectivity index (χ0v) is 19.8. The number of alkyl halides is 3. The second-order valence-corrected chi connectivity index (χ2v) is 8.72. The third-order valence-corrected chi connectivity index (χ3v) is 6.09. The number of hydroxylamine groups is 1. The van der Waals surface area contributed by atoms with Crippen LogP contribution in [-0.4, -0.2) is 35.0 Å². The molecule has 4 rings (SSSR count). The van der Waals surface area contributed by atoms with Crippen molar-refractivity contribution in [3.8, 4) is 5.75 Å². The van der Waals surface area contributed by atoms with E-state index in [4.69, 9.17) is 4.74 Å². The van der Waals surface area contributed by atoms with E-state index in [2.05, 4.69) is 15.1 Å². The summed E-state index contributed by atoms with van der Waals surface area (Å²) in [6, 6.07) is 15.6. The fourth-order valence-corrected chi connectivity index (χ4v) is 4.31. The zero-order chi connectivity index (χ0) is 26.6. The maximum absolute atomic E-state index is 12.7. The van der Waals surface area contributed by atoms with Crippen LogP contribution in [0.15, 0.2) is 54.6 Å². The summed E-state index contributed by atoms with van der Waals surface area (Å²) < 4.78 is 42.7. The van der Waals surface area contributed by atoms with Crippen molar-refractivity contribution in [2.45, 2.75) is 45.0 Å². The standard InChI is InChI=1S/C26H24F3N3O5/c1-15-13-17(19-5-2-3-7-21(19)30-15)14-36-18-11-9-16(10-12-18)23(33)31-22-8-4-6-20(22)24(34)32-37-25(35)26(27,28)29/h2-3,5,7,9-13,20,22H,4,6,8,14H2,1H3,(H,31,33)(H,32,34)/t20-,22+/m0/s1. The number of para-hydroxylation sites is 1. The molecule has 1 heterocycles. The van der Waals surface area contributed by atoms with Crippen molar-refractivity contribution in [2.24, 2.45) is 5.92 Å². The number of halogens is 3. The van der Waals surface area contributed by atoms with Gasteiger partial charge in [0.25, 0.3) is 11.8 Å². The molecule has 0 bridgehead atoms. The highest BCUT2D eigenvalue weighted by Gasteiger charge is 2.43. The van der Waals surface area contributed by atoms with Gasteiger partial charge >= 0.3 is 12.1 Å². The molecule has 11 heteroatoms. The third kappa shape index (κ3) is 6.35. The SMILES string of the molecule is Cc1cc(COc2ccc(C(=O)N[C@@H]3CCC[C@@H]3C(=O)NOC(=O)C(F)(F)F)cc2)c2ccccc2n1. The van der Waals surface area contributed by atoms with Gasteiger partial charge in [0.2, 0.25) is 0 Å². The number of aromatic nitrogens is 1.